The molecule has 0 aromatic rings. The van der Waals surface area contributed by atoms with E-state index in [0.29, 0.717) is 0 Å². The van der Waals surface area contributed by atoms with Gasteiger partial charge in [0.25, 0.3) is 0 Å². The minimum atomic E-state index is 0.970. The van der Waals surface area contributed by atoms with Crippen LogP contribution in [0.3, 0.4) is 0 Å². The lowest BCUT2D eigenvalue weighted by Gasteiger charge is -2.16. The highest BCUT2D eigenvalue weighted by Gasteiger charge is 2.07. The molecule has 0 aliphatic heterocycles. The molecule has 1 unspecified atom stereocenters. The highest BCUT2D eigenvalue weighted by molar-refractivity contribution is 4.62. The van der Waals surface area contributed by atoms with Gasteiger partial charge in [-0.3, -0.25) is 0 Å². The Morgan fingerprint density at radius 2 is 0.500 bits per heavy atom. The maximum absolute atomic E-state index is 4.15. The topological polar surface area (TPSA) is 0 Å². The molecule has 0 saturated carbocycles. The van der Waals surface area contributed by atoms with Gasteiger partial charge in [-0.25, -0.2) is 0 Å². The molecular formula is C38H77. The van der Waals surface area contributed by atoms with Crippen molar-refractivity contribution in [3.05, 3.63) is 6.92 Å². The first-order valence-electron chi connectivity index (χ1n) is 18.6. The van der Waals surface area contributed by atoms with E-state index < -0.39 is 0 Å². The van der Waals surface area contributed by atoms with E-state index in [0.717, 1.165) is 12.3 Å². The molecular weight excluding hydrogens is 456 g/mol. The summed E-state index contributed by atoms with van der Waals surface area (Å²) in [4.78, 5) is 0. The number of hydrogen-bond acceptors (Lipinski definition) is 0. The Morgan fingerprint density at radius 3 is 0.711 bits per heavy atom. The molecule has 0 aromatic heterocycles. The van der Waals surface area contributed by atoms with Crippen molar-refractivity contribution in [3.63, 3.8) is 0 Å². The first kappa shape index (κ1) is 38.0. The zero-order chi connectivity index (χ0) is 27.6. The largest absolute Gasteiger partial charge is 0.0654 e. The molecule has 0 nitrogen and oxygen atoms in total. The van der Waals surface area contributed by atoms with Gasteiger partial charge in [-0.1, -0.05) is 239 Å². The second-order valence-corrected chi connectivity index (χ2v) is 13.0. The fourth-order valence-electron chi connectivity index (χ4n) is 6.33. The van der Waals surface area contributed by atoms with Gasteiger partial charge in [0.2, 0.25) is 0 Å². The summed E-state index contributed by atoms with van der Waals surface area (Å²) in [5.41, 5.74) is 0. The minimum absolute atomic E-state index is 0.970. The van der Waals surface area contributed by atoms with Crippen molar-refractivity contribution in [2.24, 2.45) is 5.92 Å². The Balaban J connectivity index is 3.28. The summed E-state index contributed by atoms with van der Waals surface area (Å²) in [5, 5.41) is 0. The summed E-state index contributed by atoms with van der Waals surface area (Å²) in [6.45, 7) is 8.77. The molecule has 0 rings (SSSR count). The summed E-state index contributed by atoms with van der Waals surface area (Å²) in [7, 11) is 0. The molecule has 0 N–H and O–H groups in total. The van der Waals surface area contributed by atoms with Gasteiger partial charge in [-0.15, -0.1) is 0 Å². The van der Waals surface area contributed by atoms with Crippen LogP contribution in [0.5, 0.6) is 0 Å². The third kappa shape index (κ3) is 32.2. The fourth-order valence-corrected chi connectivity index (χ4v) is 6.33. The van der Waals surface area contributed by atoms with E-state index in [1.807, 2.05) is 0 Å². The van der Waals surface area contributed by atoms with E-state index in [-0.39, 0.29) is 0 Å². The molecule has 0 heteroatoms. The van der Waals surface area contributed by atoms with Gasteiger partial charge in [0, 0.05) is 0 Å². The zero-order valence-corrected chi connectivity index (χ0v) is 27.3. The fraction of sp³-hybridized carbons (Fsp3) is 0.974. The average Bonchev–Trinajstić information content (AvgIpc) is 2.92. The Kier molecular flexibility index (Phi) is 35.0. The van der Waals surface area contributed by atoms with E-state index in [2.05, 4.69) is 20.8 Å². The van der Waals surface area contributed by atoms with Gasteiger partial charge in [-0.05, 0) is 5.92 Å². The van der Waals surface area contributed by atoms with Crippen LogP contribution >= 0.6 is 0 Å². The van der Waals surface area contributed by atoms with Crippen molar-refractivity contribution in [2.75, 3.05) is 0 Å². The van der Waals surface area contributed by atoms with Crippen molar-refractivity contribution in [3.8, 4) is 0 Å². The molecule has 0 heterocycles. The van der Waals surface area contributed by atoms with Gasteiger partial charge in [0.1, 0.15) is 0 Å². The van der Waals surface area contributed by atoms with Gasteiger partial charge in [0.15, 0.2) is 0 Å². The second-order valence-electron chi connectivity index (χ2n) is 13.0. The monoisotopic (exact) mass is 534 g/mol. The third-order valence-electron chi connectivity index (χ3n) is 9.04. The summed E-state index contributed by atoms with van der Waals surface area (Å²) in [6, 6.07) is 0. The predicted molar refractivity (Wildman–Crippen MR) is 177 cm³/mol. The maximum Gasteiger partial charge on any atom is -0.0414 e. The Hall–Kier alpha value is 0. The summed E-state index contributed by atoms with van der Waals surface area (Å²) >= 11 is 0. The predicted octanol–water partition coefficient (Wildman–Crippen LogP) is 14.7. The minimum Gasteiger partial charge on any atom is -0.0654 e. The van der Waals surface area contributed by atoms with Crippen molar-refractivity contribution in [1.29, 1.82) is 0 Å². The van der Waals surface area contributed by atoms with Crippen molar-refractivity contribution < 1.29 is 0 Å². The van der Waals surface area contributed by atoms with E-state index in [4.69, 9.17) is 0 Å². The van der Waals surface area contributed by atoms with Crippen LogP contribution in [0.2, 0.25) is 0 Å². The first-order valence-corrected chi connectivity index (χ1v) is 18.6. The summed E-state index contributed by atoms with van der Waals surface area (Å²) in [5.74, 6) is 0.970. The normalized spacial score (nSPS) is 12.4. The molecule has 0 saturated heterocycles. The highest BCUT2D eigenvalue weighted by Crippen LogP contribution is 2.23. The molecule has 0 amide bonds. The Bertz CT molecular complexity index is 385. The number of hydrogen-bond donors (Lipinski definition) is 0. The van der Waals surface area contributed by atoms with Crippen molar-refractivity contribution >= 4 is 0 Å². The van der Waals surface area contributed by atoms with Gasteiger partial charge >= 0.3 is 0 Å². The summed E-state index contributed by atoms with van der Waals surface area (Å²) < 4.78 is 0. The molecule has 1 atom stereocenters. The van der Waals surface area contributed by atoms with Crippen LogP contribution in [-0.4, -0.2) is 0 Å². The molecule has 1 radical (unpaired) electrons. The molecule has 229 valence electrons. The van der Waals surface area contributed by atoms with Crippen LogP contribution in [0.15, 0.2) is 0 Å². The molecule has 38 heavy (non-hydrogen) atoms. The van der Waals surface area contributed by atoms with E-state index in [9.17, 15) is 0 Å². The van der Waals surface area contributed by atoms with Crippen LogP contribution < -0.4 is 0 Å². The standard InChI is InChI=1S/C38H77/c1-4-7-9-11-13-15-16-17-18-19-20-21-22-23-24-25-26-27-28-30-32-34-37-38(35-6-3)36-33-31-29-14-12-10-8-5-2/h38H,3-37H2,1-2H3. The lowest BCUT2D eigenvalue weighted by molar-refractivity contribution is 0.381. The smallest absolute Gasteiger partial charge is 0.0414 e. The number of rotatable bonds is 34. The SMILES string of the molecule is [CH2]CCC(CCCCCCCCCC)CCCCCCCCCCCCCCCCCCCCCCCC. The average molecular weight is 534 g/mol. The zero-order valence-electron chi connectivity index (χ0n) is 27.3. The van der Waals surface area contributed by atoms with E-state index in [1.165, 1.54) is 212 Å². The van der Waals surface area contributed by atoms with Gasteiger partial charge in [-0.2, -0.15) is 0 Å². The molecule has 0 spiro atoms. The van der Waals surface area contributed by atoms with Crippen LogP contribution in [-0.2, 0) is 0 Å². The second kappa shape index (κ2) is 35.0. The molecule has 0 fully saturated rings. The highest BCUT2D eigenvalue weighted by atomic mass is 14.1. The van der Waals surface area contributed by atoms with Crippen molar-refractivity contribution in [1.82, 2.24) is 0 Å². The summed E-state index contributed by atoms with van der Waals surface area (Å²) in [6.07, 6.45) is 49.6. The molecule has 0 aromatic carbocycles. The molecule has 0 bridgehead atoms. The lowest BCUT2D eigenvalue weighted by atomic mass is 9.90. The quantitative estimate of drug-likeness (QED) is 0.0721. The van der Waals surface area contributed by atoms with E-state index in [1.54, 1.807) is 0 Å². The number of unbranched alkanes of at least 4 members (excludes halogenated alkanes) is 28. The Morgan fingerprint density at radius 1 is 0.289 bits per heavy atom. The molecule has 0 aliphatic carbocycles. The van der Waals surface area contributed by atoms with Crippen LogP contribution in [0.25, 0.3) is 0 Å². The van der Waals surface area contributed by atoms with Gasteiger partial charge in [0.05, 0.1) is 0 Å². The third-order valence-corrected chi connectivity index (χ3v) is 9.04. The lowest BCUT2D eigenvalue weighted by Crippen LogP contribution is -2.00. The van der Waals surface area contributed by atoms with Crippen molar-refractivity contribution in [2.45, 2.75) is 232 Å². The van der Waals surface area contributed by atoms with Crippen LogP contribution in [0.4, 0.5) is 0 Å². The maximum atomic E-state index is 4.15. The molecule has 0 aliphatic rings. The van der Waals surface area contributed by atoms with Crippen LogP contribution in [0, 0.1) is 12.8 Å². The Labute approximate surface area is 244 Å². The van der Waals surface area contributed by atoms with E-state index >= 15 is 0 Å². The first-order chi connectivity index (χ1) is 18.8. The van der Waals surface area contributed by atoms with Crippen LogP contribution in [0.1, 0.15) is 232 Å². The van der Waals surface area contributed by atoms with Gasteiger partial charge < -0.3 is 0 Å².